The molecule has 0 saturated heterocycles. The van der Waals surface area contributed by atoms with Gasteiger partial charge < -0.3 is 16.4 Å². The fourth-order valence-electron chi connectivity index (χ4n) is 1.58. The molecule has 1 amide bonds. The first-order valence-corrected chi connectivity index (χ1v) is 5.91. The first-order chi connectivity index (χ1) is 8.08. The molecule has 0 aliphatic carbocycles. The smallest absolute Gasteiger partial charge is 0.216 e. The van der Waals surface area contributed by atoms with Crippen LogP contribution in [0.1, 0.15) is 19.4 Å². The minimum absolute atomic E-state index is 0.000851. The molecule has 1 atom stereocenters. The van der Waals surface area contributed by atoms with Crippen molar-refractivity contribution < 1.29 is 4.79 Å². The number of hydrogen-bond acceptors (Lipinski definition) is 3. The molecule has 1 unspecified atom stereocenters. The van der Waals surface area contributed by atoms with Crippen LogP contribution < -0.4 is 16.4 Å². The third-order valence-electron chi connectivity index (χ3n) is 2.34. The Hall–Kier alpha value is -1.55. The average Bonchev–Trinajstić information content (AvgIpc) is 2.25. The van der Waals surface area contributed by atoms with Gasteiger partial charge in [0, 0.05) is 31.7 Å². The van der Waals surface area contributed by atoms with E-state index < -0.39 is 0 Å². The molecule has 4 heteroatoms. The van der Waals surface area contributed by atoms with Gasteiger partial charge in [-0.25, -0.2) is 0 Å². The van der Waals surface area contributed by atoms with E-state index >= 15 is 0 Å². The number of carbonyl (C=O) groups excluding carboxylic acids is 1. The van der Waals surface area contributed by atoms with Crippen molar-refractivity contribution in [3.8, 4) is 0 Å². The van der Waals surface area contributed by atoms with Crippen molar-refractivity contribution in [2.45, 2.75) is 26.3 Å². The van der Waals surface area contributed by atoms with E-state index in [1.165, 1.54) is 12.5 Å². The maximum atomic E-state index is 10.7. The predicted molar refractivity (Wildman–Crippen MR) is 71.0 cm³/mol. The largest absolute Gasteiger partial charge is 0.383 e. The predicted octanol–water partition coefficient (Wildman–Crippen LogP) is 1.12. The number of rotatable bonds is 6. The van der Waals surface area contributed by atoms with Crippen molar-refractivity contribution in [2.24, 2.45) is 5.73 Å². The summed E-state index contributed by atoms with van der Waals surface area (Å²) in [5, 5.41) is 5.97. The van der Waals surface area contributed by atoms with Crippen molar-refractivity contribution in [1.29, 1.82) is 0 Å². The van der Waals surface area contributed by atoms with Crippen molar-refractivity contribution in [1.82, 2.24) is 5.32 Å². The highest BCUT2D eigenvalue weighted by Gasteiger charge is 1.98. The SMILES string of the molecule is CC(=O)NCCNc1ccc(CC(C)N)cc1. The Kier molecular flexibility index (Phi) is 5.49. The van der Waals surface area contributed by atoms with Gasteiger partial charge in [-0.15, -0.1) is 0 Å². The van der Waals surface area contributed by atoms with Crippen LogP contribution in [0.3, 0.4) is 0 Å². The van der Waals surface area contributed by atoms with Gasteiger partial charge in [-0.2, -0.15) is 0 Å². The molecular formula is C13H21N3O. The molecule has 0 aromatic heterocycles. The monoisotopic (exact) mass is 235 g/mol. The molecule has 0 spiro atoms. The molecule has 0 radical (unpaired) electrons. The Morgan fingerprint density at radius 3 is 2.47 bits per heavy atom. The Balaban J connectivity index is 2.32. The van der Waals surface area contributed by atoms with Crippen molar-refractivity contribution in [3.05, 3.63) is 29.8 Å². The summed E-state index contributed by atoms with van der Waals surface area (Å²) in [5.41, 5.74) is 8.04. The highest BCUT2D eigenvalue weighted by Crippen LogP contribution is 2.10. The van der Waals surface area contributed by atoms with Crippen LogP contribution in [0, 0.1) is 0 Å². The number of nitrogens with two attached hydrogens (primary N) is 1. The van der Waals surface area contributed by atoms with Crippen molar-refractivity contribution in [2.75, 3.05) is 18.4 Å². The second-order valence-electron chi connectivity index (χ2n) is 4.29. The summed E-state index contributed by atoms with van der Waals surface area (Å²) < 4.78 is 0. The summed E-state index contributed by atoms with van der Waals surface area (Å²) in [6.45, 7) is 4.88. The zero-order chi connectivity index (χ0) is 12.7. The third kappa shape index (κ3) is 5.92. The molecule has 4 nitrogen and oxygen atoms in total. The zero-order valence-electron chi connectivity index (χ0n) is 10.5. The maximum Gasteiger partial charge on any atom is 0.216 e. The molecule has 1 aromatic carbocycles. The van der Waals surface area contributed by atoms with E-state index in [0.717, 1.165) is 18.7 Å². The molecule has 0 aliphatic heterocycles. The van der Waals surface area contributed by atoms with Crippen LogP contribution >= 0.6 is 0 Å². The zero-order valence-corrected chi connectivity index (χ0v) is 10.5. The number of anilines is 1. The van der Waals surface area contributed by atoms with E-state index in [1.54, 1.807) is 0 Å². The number of carbonyl (C=O) groups is 1. The normalized spacial score (nSPS) is 11.9. The summed E-state index contributed by atoms with van der Waals surface area (Å²) >= 11 is 0. The lowest BCUT2D eigenvalue weighted by molar-refractivity contribution is -0.118. The van der Waals surface area contributed by atoms with Gasteiger partial charge in [-0.05, 0) is 31.0 Å². The minimum Gasteiger partial charge on any atom is -0.383 e. The second-order valence-corrected chi connectivity index (χ2v) is 4.29. The number of amides is 1. The summed E-state index contributed by atoms with van der Waals surface area (Å²) in [5.74, 6) is -0.000851. The highest BCUT2D eigenvalue weighted by atomic mass is 16.1. The number of nitrogens with one attached hydrogen (secondary N) is 2. The summed E-state index contributed by atoms with van der Waals surface area (Å²) in [4.78, 5) is 10.7. The van der Waals surface area contributed by atoms with Crippen molar-refractivity contribution >= 4 is 11.6 Å². The van der Waals surface area contributed by atoms with Gasteiger partial charge in [0.25, 0.3) is 0 Å². The Morgan fingerprint density at radius 1 is 1.29 bits per heavy atom. The molecule has 0 fully saturated rings. The van der Waals surface area contributed by atoms with E-state index in [4.69, 9.17) is 5.73 Å². The molecule has 0 heterocycles. The van der Waals surface area contributed by atoms with Gasteiger partial charge in [0.05, 0.1) is 0 Å². The summed E-state index contributed by atoms with van der Waals surface area (Å²) in [7, 11) is 0. The number of benzene rings is 1. The first-order valence-electron chi connectivity index (χ1n) is 5.91. The molecule has 4 N–H and O–H groups in total. The fraction of sp³-hybridized carbons (Fsp3) is 0.462. The molecular weight excluding hydrogens is 214 g/mol. The van der Waals surface area contributed by atoms with Gasteiger partial charge in [-0.1, -0.05) is 12.1 Å². The molecule has 1 rings (SSSR count). The molecule has 0 saturated carbocycles. The Labute approximate surface area is 103 Å². The van der Waals surface area contributed by atoms with Gasteiger partial charge in [0.1, 0.15) is 0 Å². The van der Waals surface area contributed by atoms with E-state index in [-0.39, 0.29) is 11.9 Å². The van der Waals surface area contributed by atoms with Crippen LogP contribution in [-0.4, -0.2) is 25.0 Å². The Bertz CT molecular complexity index is 346. The summed E-state index contributed by atoms with van der Waals surface area (Å²) in [6, 6.07) is 8.40. The third-order valence-corrected chi connectivity index (χ3v) is 2.34. The first kappa shape index (κ1) is 13.5. The van der Waals surface area contributed by atoms with Crippen LogP contribution in [0.2, 0.25) is 0 Å². The number of hydrogen-bond donors (Lipinski definition) is 3. The molecule has 1 aromatic rings. The van der Waals surface area contributed by atoms with Crippen LogP contribution in [-0.2, 0) is 11.2 Å². The van der Waals surface area contributed by atoms with E-state index in [9.17, 15) is 4.79 Å². The maximum absolute atomic E-state index is 10.7. The van der Waals surface area contributed by atoms with Crippen LogP contribution in [0.15, 0.2) is 24.3 Å². The Morgan fingerprint density at radius 2 is 1.94 bits per heavy atom. The van der Waals surface area contributed by atoms with Gasteiger partial charge >= 0.3 is 0 Å². The molecule has 17 heavy (non-hydrogen) atoms. The standard InChI is InChI=1S/C13H21N3O/c1-10(14)9-12-3-5-13(6-4-12)16-8-7-15-11(2)17/h3-6,10,16H,7-9,14H2,1-2H3,(H,15,17). The van der Waals surface area contributed by atoms with E-state index in [2.05, 4.69) is 22.8 Å². The molecule has 0 bridgehead atoms. The van der Waals surface area contributed by atoms with Gasteiger partial charge in [0.15, 0.2) is 0 Å². The highest BCUT2D eigenvalue weighted by molar-refractivity contribution is 5.72. The lowest BCUT2D eigenvalue weighted by Crippen LogP contribution is -2.26. The van der Waals surface area contributed by atoms with Crippen LogP contribution in [0.5, 0.6) is 0 Å². The lowest BCUT2D eigenvalue weighted by Gasteiger charge is -2.09. The van der Waals surface area contributed by atoms with E-state index in [1.807, 2.05) is 19.1 Å². The minimum atomic E-state index is -0.000851. The van der Waals surface area contributed by atoms with Crippen LogP contribution in [0.25, 0.3) is 0 Å². The van der Waals surface area contributed by atoms with Crippen LogP contribution in [0.4, 0.5) is 5.69 Å². The quantitative estimate of drug-likeness (QED) is 0.647. The van der Waals surface area contributed by atoms with Gasteiger partial charge in [0.2, 0.25) is 5.91 Å². The average molecular weight is 235 g/mol. The topological polar surface area (TPSA) is 67.2 Å². The second kappa shape index (κ2) is 6.91. The van der Waals surface area contributed by atoms with Gasteiger partial charge in [-0.3, -0.25) is 4.79 Å². The summed E-state index contributed by atoms with van der Waals surface area (Å²) in [6.07, 6.45) is 0.895. The van der Waals surface area contributed by atoms with Crippen molar-refractivity contribution in [3.63, 3.8) is 0 Å². The fourth-order valence-corrected chi connectivity index (χ4v) is 1.58. The van der Waals surface area contributed by atoms with E-state index in [0.29, 0.717) is 6.54 Å². The molecule has 0 aliphatic rings. The lowest BCUT2D eigenvalue weighted by atomic mass is 10.1. The molecule has 94 valence electrons.